The molecule has 0 aromatic carbocycles. The molecule has 0 radical (unpaired) electrons. The number of unbranched alkanes of at least 4 members (excludes halogenated alkanes) is 1. The van der Waals surface area contributed by atoms with Gasteiger partial charge >= 0.3 is 0 Å². The maximum atomic E-state index is 11.2. The Morgan fingerprint density at radius 2 is 2.18 bits per heavy atom. The standard InChI is InChI=1S/C11H19NO2S.2CH4/c1-14-5-3-2-4-9-11-8(7-15-9)6-10(13)12-11;;/h8-9,11H,2-7H2,1H3,(H,12,13);2*1H4. The highest BCUT2D eigenvalue weighted by atomic mass is 32.2. The van der Waals surface area contributed by atoms with Crippen LogP contribution in [0.4, 0.5) is 0 Å². The first kappa shape index (κ1) is 16.8. The fourth-order valence-corrected chi connectivity index (χ4v) is 4.14. The number of fused-ring (bicyclic) bond motifs is 1. The summed E-state index contributed by atoms with van der Waals surface area (Å²) in [5.41, 5.74) is 0. The minimum absolute atomic E-state index is 0. The van der Waals surface area contributed by atoms with Crippen LogP contribution in [0.5, 0.6) is 0 Å². The fraction of sp³-hybridized carbons (Fsp3) is 0.923. The topological polar surface area (TPSA) is 38.3 Å². The largest absolute Gasteiger partial charge is 0.385 e. The van der Waals surface area contributed by atoms with E-state index in [-0.39, 0.29) is 20.8 Å². The fourth-order valence-electron chi connectivity index (χ4n) is 2.49. The first-order chi connectivity index (χ1) is 7.31. The van der Waals surface area contributed by atoms with Crippen molar-refractivity contribution >= 4 is 17.7 Å². The van der Waals surface area contributed by atoms with Gasteiger partial charge in [0.15, 0.2) is 0 Å². The number of rotatable bonds is 5. The van der Waals surface area contributed by atoms with E-state index in [2.05, 4.69) is 5.32 Å². The molecule has 3 unspecified atom stereocenters. The third-order valence-corrected chi connectivity index (χ3v) is 4.87. The molecule has 0 saturated carbocycles. The molecule has 2 rings (SSSR count). The first-order valence-electron chi connectivity index (χ1n) is 5.71. The molecule has 0 aromatic rings. The van der Waals surface area contributed by atoms with E-state index >= 15 is 0 Å². The molecule has 3 atom stereocenters. The SMILES string of the molecule is C.C.COCCCCC1SCC2CC(=O)NC21. The van der Waals surface area contributed by atoms with E-state index in [0.29, 0.717) is 17.2 Å². The van der Waals surface area contributed by atoms with Crippen LogP contribution in [0.15, 0.2) is 0 Å². The number of carbonyl (C=O) groups is 1. The second-order valence-electron chi connectivity index (χ2n) is 4.42. The Morgan fingerprint density at radius 3 is 2.88 bits per heavy atom. The van der Waals surface area contributed by atoms with Crippen LogP contribution in [-0.4, -0.2) is 36.7 Å². The number of amides is 1. The molecule has 0 bridgehead atoms. The van der Waals surface area contributed by atoms with Gasteiger partial charge in [0.2, 0.25) is 5.91 Å². The molecular formula is C13H27NO2S. The summed E-state index contributed by atoms with van der Waals surface area (Å²) in [4.78, 5) is 11.2. The van der Waals surface area contributed by atoms with Gasteiger partial charge in [0.25, 0.3) is 0 Å². The number of hydrogen-bond donors (Lipinski definition) is 1. The average Bonchev–Trinajstić information content (AvgIpc) is 2.73. The molecule has 17 heavy (non-hydrogen) atoms. The van der Waals surface area contributed by atoms with E-state index in [1.54, 1.807) is 7.11 Å². The zero-order valence-electron chi connectivity index (χ0n) is 9.20. The predicted molar refractivity (Wildman–Crippen MR) is 75.5 cm³/mol. The van der Waals surface area contributed by atoms with Crippen molar-refractivity contribution in [1.29, 1.82) is 0 Å². The molecule has 4 heteroatoms. The molecule has 2 aliphatic heterocycles. The normalized spacial score (nSPS) is 30.2. The highest BCUT2D eigenvalue weighted by molar-refractivity contribution is 8.00. The number of methoxy groups -OCH3 is 1. The van der Waals surface area contributed by atoms with E-state index in [1.807, 2.05) is 11.8 Å². The highest BCUT2D eigenvalue weighted by Gasteiger charge is 2.42. The molecule has 2 aliphatic rings. The summed E-state index contributed by atoms with van der Waals surface area (Å²) in [5, 5.41) is 3.77. The van der Waals surface area contributed by atoms with E-state index in [9.17, 15) is 4.79 Å². The van der Waals surface area contributed by atoms with Gasteiger partial charge in [-0.05, 0) is 30.9 Å². The van der Waals surface area contributed by atoms with Crippen LogP contribution in [0.25, 0.3) is 0 Å². The lowest BCUT2D eigenvalue weighted by molar-refractivity contribution is -0.119. The van der Waals surface area contributed by atoms with Crippen LogP contribution in [0.2, 0.25) is 0 Å². The second kappa shape index (κ2) is 7.98. The Bertz CT molecular complexity index is 235. The molecule has 2 saturated heterocycles. The Balaban J connectivity index is 0.00000128. The number of thioether (sulfide) groups is 1. The second-order valence-corrected chi connectivity index (χ2v) is 5.69. The maximum absolute atomic E-state index is 11.2. The molecule has 0 aromatic heterocycles. The van der Waals surface area contributed by atoms with Gasteiger partial charge < -0.3 is 10.1 Å². The minimum Gasteiger partial charge on any atom is -0.385 e. The van der Waals surface area contributed by atoms with Gasteiger partial charge in [-0.2, -0.15) is 11.8 Å². The summed E-state index contributed by atoms with van der Waals surface area (Å²) in [7, 11) is 1.75. The third-order valence-electron chi connectivity index (χ3n) is 3.30. The number of ether oxygens (including phenoxy) is 1. The molecule has 1 N–H and O–H groups in total. The van der Waals surface area contributed by atoms with Gasteiger partial charge in [0, 0.05) is 31.4 Å². The molecular weight excluding hydrogens is 234 g/mol. The number of carbonyl (C=O) groups excluding carboxylic acids is 1. The Morgan fingerprint density at radius 1 is 1.41 bits per heavy atom. The highest BCUT2D eigenvalue weighted by Crippen LogP contribution is 2.39. The third kappa shape index (κ3) is 4.18. The van der Waals surface area contributed by atoms with Crippen LogP contribution < -0.4 is 5.32 Å². The molecule has 0 aliphatic carbocycles. The first-order valence-corrected chi connectivity index (χ1v) is 6.76. The molecule has 2 fully saturated rings. The summed E-state index contributed by atoms with van der Waals surface area (Å²) >= 11 is 2.04. The van der Waals surface area contributed by atoms with Crippen molar-refractivity contribution < 1.29 is 9.53 Å². The lowest BCUT2D eigenvalue weighted by Gasteiger charge is -2.17. The van der Waals surface area contributed by atoms with Gasteiger partial charge in [-0.1, -0.05) is 14.9 Å². The maximum Gasteiger partial charge on any atom is 0.220 e. The lowest BCUT2D eigenvalue weighted by atomic mass is 9.98. The van der Waals surface area contributed by atoms with Gasteiger partial charge in [0.05, 0.1) is 0 Å². The van der Waals surface area contributed by atoms with E-state index in [0.717, 1.165) is 19.4 Å². The van der Waals surface area contributed by atoms with Crippen molar-refractivity contribution in [3.05, 3.63) is 0 Å². The van der Waals surface area contributed by atoms with Crippen molar-refractivity contribution in [2.45, 2.75) is 51.8 Å². The zero-order valence-corrected chi connectivity index (χ0v) is 10.0. The molecule has 1 amide bonds. The molecule has 2 heterocycles. The van der Waals surface area contributed by atoms with Gasteiger partial charge in [0.1, 0.15) is 0 Å². The summed E-state index contributed by atoms with van der Waals surface area (Å²) in [6.45, 7) is 0.859. The molecule has 3 nitrogen and oxygen atoms in total. The van der Waals surface area contributed by atoms with Crippen molar-refractivity contribution in [2.24, 2.45) is 5.92 Å². The van der Waals surface area contributed by atoms with Crippen molar-refractivity contribution in [3.63, 3.8) is 0 Å². The Hall–Kier alpha value is -0.220. The average molecular weight is 261 g/mol. The van der Waals surface area contributed by atoms with Crippen LogP contribution in [0, 0.1) is 5.92 Å². The summed E-state index contributed by atoms with van der Waals surface area (Å²) in [5.74, 6) is 2.03. The molecule has 102 valence electrons. The van der Waals surface area contributed by atoms with Gasteiger partial charge in [-0.25, -0.2) is 0 Å². The van der Waals surface area contributed by atoms with E-state index < -0.39 is 0 Å². The van der Waals surface area contributed by atoms with Gasteiger partial charge in [-0.15, -0.1) is 0 Å². The Kier molecular flexibility index (Phi) is 7.88. The van der Waals surface area contributed by atoms with E-state index in [1.165, 1.54) is 18.6 Å². The quantitative estimate of drug-likeness (QED) is 0.773. The monoisotopic (exact) mass is 261 g/mol. The minimum atomic E-state index is 0. The molecule has 0 spiro atoms. The van der Waals surface area contributed by atoms with Crippen molar-refractivity contribution in [1.82, 2.24) is 5.32 Å². The number of nitrogens with one attached hydrogen (secondary N) is 1. The van der Waals surface area contributed by atoms with Crippen molar-refractivity contribution in [2.75, 3.05) is 19.5 Å². The van der Waals surface area contributed by atoms with Crippen LogP contribution in [0.3, 0.4) is 0 Å². The predicted octanol–water partition coefficient (Wildman–Crippen LogP) is 2.70. The summed E-state index contributed by atoms with van der Waals surface area (Å²) < 4.78 is 5.03. The summed E-state index contributed by atoms with van der Waals surface area (Å²) in [6, 6.07) is 0.463. The Labute approximate surface area is 110 Å². The summed E-state index contributed by atoms with van der Waals surface area (Å²) in [6.07, 6.45) is 4.32. The lowest BCUT2D eigenvalue weighted by Crippen LogP contribution is -2.34. The van der Waals surface area contributed by atoms with Crippen LogP contribution in [-0.2, 0) is 9.53 Å². The van der Waals surface area contributed by atoms with Crippen LogP contribution in [0.1, 0.15) is 40.5 Å². The van der Waals surface area contributed by atoms with Gasteiger partial charge in [-0.3, -0.25) is 4.79 Å². The van der Waals surface area contributed by atoms with Crippen molar-refractivity contribution in [3.8, 4) is 0 Å². The smallest absolute Gasteiger partial charge is 0.220 e. The van der Waals surface area contributed by atoms with Crippen LogP contribution >= 0.6 is 11.8 Å². The van der Waals surface area contributed by atoms with E-state index in [4.69, 9.17) is 4.74 Å². The number of hydrogen-bond acceptors (Lipinski definition) is 3. The zero-order chi connectivity index (χ0) is 10.7.